The first-order valence-corrected chi connectivity index (χ1v) is 4.66. The molecular weight excluding hydrogens is 194 g/mol. The van der Waals surface area contributed by atoms with Gasteiger partial charge in [-0.05, 0) is 12.1 Å². The Balaban J connectivity index is 2.69. The highest BCUT2D eigenvalue weighted by atomic mass is 16.4. The molecule has 1 aromatic rings. The topological polar surface area (TPSA) is 66.4 Å². The maximum Gasteiger partial charge on any atom is 0.303 e. The molecule has 0 aliphatic rings. The zero-order valence-corrected chi connectivity index (χ0v) is 8.49. The van der Waals surface area contributed by atoms with Gasteiger partial charge in [0.1, 0.15) is 0 Å². The number of ketones is 1. The Hall–Kier alpha value is -1.84. The van der Waals surface area contributed by atoms with Crippen molar-refractivity contribution in [2.45, 2.75) is 12.8 Å². The van der Waals surface area contributed by atoms with E-state index in [1.165, 1.54) is 0 Å². The van der Waals surface area contributed by atoms with Crippen LogP contribution in [0.1, 0.15) is 23.2 Å². The second kappa shape index (κ2) is 5.14. The lowest BCUT2D eigenvalue weighted by Crippen LogP contribution is -2.04. The number of anilines is 1. The molecule has 0 saturated heterocycles. The van der Waals surface area contributed by atoms with Crippen LogP contribution in [0, 0.1) is 0 Å². The van der Waals surface area contributed by atoms with Crippen molar-refractivity contribution >= 4 is 17.4 Å². The van der Waals surface area contributed by atoms with Crippen LogP contribution >= 0.6 is 0 Å². The molecule has 0 aliphatic carbocycles. The number of rotatable bonds is 5. The fraction of sp³-hybridized carbons (Fsp3) is 0.273. The highest BCUT2D eigenvalue weighted by molar-refractivity contribution is 5.98. The molecule has 0 unspecified atom stereocenters. The first-order valence-electron chi connectivity index (χ1n) is 4.66. The number of carbonyl (C=O) groups excluding carboxylic acids is 1. The Labute approximate surface area is 87.9 Å². The number of benzene rings is 1. The minimum absolute atomic E-state index is 0.0441. The van der Waals surface area contributed by atoms with Gasteiger partial charge in [-0.25, -0.2) is 0 Å². The summed E-state index contributed by atoms with van der Waals surface area (Å²) in [6.07, 6.45) is -0.0783. The van der Waals surface area contributed by atoms with Crippen LogP contribution in [-0.2, 0) is 4.79 Å². The molecule has 0 radical (unpaired) electrons. The second-order valence-electron chi connectivity index (χ2n) is 3.15. The van der Waals surface area contributed by atoms with E-state index < -0.39 is 5.97 Å². The van der Waals surface area contributed by atoms with Gasteiger partial charge in [0.25, 0.3) is 0 Å². The molecule has 0 saturated carbocycles. The first-order chi connectivity index (χ1) is 7.13. The van der Waals surface area contributed by atoms with E-state index in [0.717, 1.165) is 5.69 Å². The zero-order valence-electron chi connectivity index (χ0n) is 8.49. The van der Waals surface area contributed by atoms with Crippen molar-refractivity contribution in [3.8, 4) is 0 Å². The van der Waals surface area contributed by atoms with Crippen LogP contribution < -0.4 is 5.32 Å². The number of carboxylic acids is 1. The normalized spacial score (nSPS) is 9.67. The van der Waals surface area contributed by atoms with Crippen molar-refractivity contribution in [1.82, 2.24) is 0 Å². The fourth-order valence-electron chi connectivity index (χ4n) is 1.21. The summed E-state index contributed by atoms with van der Waals surface area (Å²) >= 11 is 0. The third kappa shape index (κ3) is 3.42. The number of Topliss-reactive ketones (excluding diaryl/α,β-unsaturated/α-hetero) is 1. The molecule has 80 valence electrons. The SMILES string of the molecule is CNc1cccc(C(=O)CCC(=O)O)c1. The summed E-state index contributed by atoms with van der Waals surface area (Å²) in [6, 6.07) is 7.00. The molecule has 4 heteroatoms. The molecule has 0 amide bonds. The molecule has 1 rings (SSSR count). The maximum atomic E-state index is 11.5. The summed E-state index contributed by atoms with van der Waals surface area (Å²) in [5.74, 6) is -1.09. The molecule has 0 bridgehead atoms. The van der Waals surface area contributed by atoms with Crippen LogP contribution in [0.2, 0.25) is 0 Å². The van der Waals surface area contributed by atoms with Crippen LogP contribution in [0.25, 0.3) is 0 Å². The van der Waals surface area contributed by atoms with Gasteiger partial charge < -0.3 is 10.4 Å². The van der Waals surface area contributed by atoms with Crippen LogP contribution in [0.3, 0.4) is 0 Å². The van der Waals surface area contributed by atoms with Gasteiger partial charge in [0.2, 0.25) is 0 Å². The molecule has 0 heterocycles. The number of carbonyl (C=O) groups is 2. The van der Waals surface area contributed by atoms with Crippen LogP contribution in [0.15, 0.2) is 24.3 Å². The summed E-state index contributed by atoms with van der Waals surface area (Å²) in [5, 5.41) is 11.4. The molecule has 4 nitrogen and oxygen atoms in total. The lowest BCUT2D eigenvalue weighted by atomic mass is 10.1. The highest BCUT2D eigenvalue weighted by Gasteiger charge is 2.08. The average Bonchev–Trinajstić information content (AvgIpc) is 2.26. The predicted molar refractivity (Wildman–Crippen MR) is 57.2 cm³/mol. The summed E-state index contributed by atoms with van der Waals surface area (Å²) < 4.78 is 0. The van der Waals surface area contributed by atoms with Crippen LogP contribution in [0.4, 0.5) is 5.69 Å². The third-order valence-corrected chi connectivity index (χ3v) is 2.04. The Bertz CT molecular complexity index is 374. The van der Waals surface area contributed by atoms with Gasteiger partial charge in [0.15, 0.2) is 5.78 Å². The van der Waals surface area contributed by atoms with Crippen LogP contribution in [-0.4, -0.2) is 23.9 Å². The third-order valence-electron chi connectivity index (χ3n) is 2.04. The number of aliphatic carboxylic acids is 1. The van der Waals surface area contributed by atoms with E-state index in [-0.39, 0.29) is 18.6 Å². The van der Waals surface area contributed by atoms with E-state index in [1.807, 2.05) is 6.07 Å². The molecule has 1 aromatic carbocycles. The summed E-state index contributed by atoms with van der Waals surface area (Å²) in [6.45, 7) is 0. The van der Waals surface area contributed by atoms with Crippen molar-refractivity contribution in [3.05, 3.63) is 29.8 Å². The molecular formula is C11H13NO3. The molecule has 0 aliphatic heterocycles. The molecule has 15 heavy (non-hydrogen) atoms. The Morgan fingerprint density at radius 2 is 2.07 bits per heavy atom. The zero-order chi connectivity index (χ0) is 11.3. The Morgan fingerprint density at radius 3 is 2.67 bits per heavy atom. The average molecular weight is 207 g/mol. The molecule has 0 fully saturated rings. The predicted octanol–water partition coefficient (Wildman–Crippen LogP) is 1.78. The maximum absolute atomic E-state index is 11.5. The van der Waals surface area contributed by atoms with Gasteiger partial charge in [0.05, 0.1) is 6.42 Å². The van der Waals surface area contributed by atoms with Gasteiger partial charge in [-0.2, -0.15) is 0 Å². The van der Waals surface area contributed by atoms with E-state index in [4.69, 9.17) is 5.11 Å². The lowest BCUT2D eigenvalue weighted by Gasteiger charge is -2.03. The number of carboxylic acid groups (broad SMARTS) is 1. The molecule has 2 N–H and O–H groups in total. The standard InChI is InChI=1S/C11H13NO3/c1-12-9-4-2-3-8(7-9)10(13)5-6-11(14)15/h2-4,7,12H,5-6H2,1H3,(H,14,15). The minimum atomic E-state index is -0.951. The van der Waals surface area contributed by atoms with Crippen molar-refractivity contribution in [1.29, 1.82) is 0 Å². The number of hydrogen-bond donors (Lipinski definition) is 2. The van der Waals surface area contributed by atoms with Crippen molar-refractivity contribution in [2.24, 2.45) is 0 Å². The van der Waals surface area contributed by atoms with Gasteiger partial charge >= 0.3 is 5.97 Å². The monoisotopic (exact) mass is 207 g/mol. The summed E-state index contributed by atoms with van der Waals surface area (Å²) in [4.78, 5) is 21.8. The van der Waals surface area contributed by atoms with Crippen LogP contribution in [0.5, 0.6) is 0 Å². The summed E-state index contributed by atoms with van der Waals surface area (Å²) in [5.41, 5.74) is 1.39. The molecule has 0 atom stereocenters. The Kier molecular flexibility index (Phi) is 3.85. The van der Waals surface area contributed by atoms with E-state index in [1.54, 1.807) is 25.2 Å². The van der Waals surface area contributed by atoms with E-state index in [2.05, 4.69) is 5.32 Å². The fourth-order valence-corrected chi connectivity index (χ4v) is 1.21. The minimum Gasteiger partial charge on any atom is -0.481 e. The van der Waals surface area contributed by atoms with Crippen molar-refractivity contribution in [3.63, 3.8) is 0 Å². The highest BCUT2D eigenvalue weighted by Crippen LogP contribution is 2.12. The van der Waals surface area contributed by atoms with Gasteiger partial charge in [-0.15, -0.1) is 0 Å². The second-order valence-corrected chi connectivity index (χ2v) is 3.15. The Morgan fingerprint density at radius 1 is 1.33 bits per heavy atom. The summed E-state index contributed by atoms with van der Waals surface area (Å²) in [7, 11) is 1.76. The van der Waals surface area contributed by atoms with E-state index in [9.17, 15) is 9.59 Å². The smallest absolute Gasteiger partial charge is 0.303 e. The number of nitrogens with one attached hydrogen (secondary N) is 1. The van der Waals surface area contributed by atoms with Gasteiger partial charge in [-0.1, -0.05) is 12.1 Å². The lowest BCUT2D eigenvalue weighted by molar-refractivity contribution is -0.136. The quantitative estimate of drug-likeness (QED) is 0.722. The first kappa shape index (κ1) is 11.2. The molecule has 0 spiro atoms. The molecule has 0 aromatic heterocycles. The largest absolute Gasteiger partial charge is 0.481 e. The van der Waals surface area contributed by atoms with Crippen molar-refractivity contribution < 1.29 is 14.7 Å². The van der Waals surface area contributed by atoms with Gasteiger partial charge in [-0.3, -0.25) is 9.59 Å². The van der Waals surface area contributed by atoms with E-state index in [0.29, 0.717) is 5.56 Å². The van der Waals surface area contributed by atoms with E-state index >= 15 is 0 Å². The number of hydrogen-bond acceptors (Lipinski definition) is 3. The van der Waals surface area contributed by atoms with Gasteiger partial charge in [0, 0.05) is 24.7 Å². The van der Waals surface area contributed by atoms with Crippen molar-refractivity contribution in [2.75, 3.05) is 12.4 Å².